The Kier molecular flexibility index (Phi) is 6.14. The first-order valence-corrected chi connectivity index (χ1v) is 13.1. The zero-order valence-corrected chi connectivity index (χ0v) is 21.2. The summed E-state index contributed by atoms with van der Waals surface area (Å²) in [5.41, 5.74) is 3.55. The van der Waals surface area contributed by atoms with Crippen molar-refractivity contribution in [3.05, 3.63) is 107 Å². The minimum atomic E-state index is -0.229. The second-order valence-electron chi connectivity index (χ2n) is 9.12. The number of piperazine rings is 1. The summed E-state index contributed by atoms with van der Waals surface area (Å²) in [5.74, 6) is 1.30. The SMILES string of the molecule is Cc1c(C(=O)c2ccccc2)sc2nc(-c3ccccc3)nc(N3CCN(c4ccc(F)cc4)CC3)c12. The predicted molar refractivity (Wildman–Crippen MR) is 148 cm³/mol. The molecular weight excluding hydrogens is 483 g/mol. The summed E-state index contributed by atoms with van der Waals surface area (Å²) in [5, 5.41) is 0.944. The lowest BCUT2D eigenvalue weighted by Crippen LogP contribution is -2.47. The van der Waals surface area contributed by atoms with Crippen molar-refractivity contribution in [3.63, 3.8) is 0 Å². The topological polar surface area (TPSA) is 49.3 Å². The van der Waals surface area contributed by atoms with Crippen LogP contribution in [0.1, 0.15) is 20.8 Å². The van der Waals surface area contributed by atoms with Crippen LogP contribution in [-0.2, 0) is 0 Å². The predicted octanol–water partition coefficient (Wildman–Crippen LogP) is 6.36. The summed E-state index contributed by atoms with van der Waals surface area (Å²) in [6.45, 7) is 5.09. The number of thiophene rings is 1. The molecule has 184 valence electrons. The monoisotopic (exact) mass is 508 g/mol. The normalized spacial score (nSPS) is 13.8. The van der Waals surface area contributed by atoms with Crippen molar-refractivity contribution < 1.29 is 9.18 Å². The molecule has 37 heavy (non-hydrogen) atoms. The molecule has 1 saturated heterocycles. The van der Waals surface area contributed by atoms with Gasteiger partial charge in [0.1, 0.15) is 16.5 Å². The Labute approximate surface area is 218 Å². The average Bonchev–Trinajstić information content (AvgIpc) is 3.30. The molecule has 3 heterocycles. The number of hydrogen-bond donors (Lipinski definition) is 0. The zero-order valence-electron chi connectivity index (χ0n) is 20.4. The number of halogens is 1. The maximum atomic E-state index is 13.4. The van der Waals surface area contributed by atoms with Gasteiger partial charge in [0.05, 0.1) is 10.3 Å². The van der Waals surface area contributed by atoms with E-state index in [4.69, 9.17) is 9.97 Å². The second-order valence-corrected chi connectivity index (χ2v) is 10.1. The molecule has 0 spiro atoms. The Morgan fingerprint density at radius 3 is 2.11 bits per heavy atom. The highest BCUT2D eigenvalue weighted by atomic mass is 32.1. The van der Waals surface area contributed by atoms with Crippen LogP contribution < -0.4 is 9.80 Å². The molecule has 7 heteroatoms. The molecule has 3 aromatic carbocycles. The van der Waals surface area contributed by atoms with Gasteiger partial charge in [0.15, 0.2) is 5.82 Å². The molecule has 0 atom stereocenters. The van der Waals surface area contributed by atoms with Crippen LogP contribution in [0.15, 0.2) is 84.9 Å². The van der Waals surface area contributed by atoms with Crippen LogP contribution in [0.5, 0.6) is 0 Å². The Bertz CT molecular complexity index is 1560. The number of ketones is 1. The van der Waals surface area contributed by atoms with Crippen molar-refractivity contribution in [2.24, 2.45) is 0 Å². The standard InChI is InChI=1S/C30H25FN4OS/c1-20-25-29(35-18-16-34(17-19-35)24-14-12-23(31)13-15-24)32-28(22-10-6-3-7-11-22)33-30(25)37-27(20)26(36)21-8-4-2-5-9-21/h2-15H,16-19H2,1H3. The van der Waals surface area contributed by atoms with E-state index in [-0.39, 0.29) is 11.6 Å². The second kappa shape index (κ2) is 9.75. The van der Waals surface area contributed by atoms with E-state index in [9.17, 15) is 9.18 Å². The molecular formula is C30H25FN4OS. The summed E-state index contributed by atoms with van der Waals surface area (Å²) in [6.07, 6.45) is 0. The summed E-state index contributed by atoms with van der Waals surface area (Å²) < 4.78 is 13.4. The highest BCUT2D eigenvalue weighted by Gasteiger charge is 2.26. The molecule has 1 aliphatic heterocycles. The van der Waals surface area contributed by atoms with Gasteiger partial charge in [-0.2, -0.15) is 0 Å². The van der Waals surface area contributed by atoms with Crippen molar-refractivity contribution in [1.82, 2.24) is 9.97 Å². The largest absolute Gasteiger partial charge is 0.368 e. The number of carbonyl (C=O) groups excluding carboxylic acids is 1. The summed E-state index contributed by atoms with van der Waals surface area (Å²) in [7, 11) is 0. The van der Waals surface area contributed by atoms with E-state index in [2.05, 4.69) is 9.80 Å². The Morgan fingerprint density at radius 2 is 1.43 bits per heavy atom. The van der Waals surface area contributed by atoms with E-state index in [1.807, 2.05) is 79.7 Å². The van der Waals surface area contributed by atoms with Crippen LogP contribution in [0.4, 0.5) is 15.9 Å². The van der Waals surface area contributed by atoms with Crippen molar-refractivity contribution >= 4 is 38.8 Å². The minimum Gasteiger partial charge on any atom is -0.368 e. The Balaban J connectivity index is 1.41. The van der Waals surface area contributed by atoms with E-state index in [1.54, 1.807) is 0 Å². The average molecular weight is 509 g/mol. The van der Waals surface area contributed by atoms with Crippen molar-refractivity contribution in [2.45, 2.75) is 6.92 Å². The van der Waals surface area contributed by atoms with Gasteiger partial charge in [-0.05, 0) is 36.8 Å². The lowest BCUT2D eigenvalue weighted by molar-refractivity contribution is 0.104. The molecule has 2 aromatic heterocycles. The number of fused-ring (bicyclic) bond motifs is 1. The third kappa shape index (κ3) is 4.47. The van der Waals surface area contributed by atoms with Gasteiger partial charge in [-0.25, -0.2) is 14.4 Å². The Morgan fingerprint density at radius 1 is 0.811 bits per heavy atom. The molecule has 0 N–H and O–H groups in total. The van der Waals surface area contributed by atoms with Crippen LogP contribution in [0.3, 0.4) is 0 Å². The fourth-order valence-electron chi connectivity index (χ4n) is 4.83. The van der Waals surface area contributed by atoms with Crippen LogP contribution in [-0.4, -0.2) is 41.9 Å². The van der Waals surface area contributed by atoms with E-state index < -0.39 is 0 Å². The van der Waals surface area contributed by atoms with Gasteiger partial charge in [0.2, 0.25) is 5.78 Å². The van der Waals surface area contributed by atoms with Crippen molar-refractivity contribution in [1.29, 1.82) is 0 Å². The summed E-state index contributed by atoms with van der Waals surface area (Å²) in [4.78, 5) is 29.5. The summed E-state index contributed by atoms with van der Waals surface area (Å²) in [6, 6.07) is 26.0. The molecule has 6 rings (SSSR count). The minimum absolute atomic E-state index is 0.00874. The first-order chi connectivity index (χ1) is 18.1. The number of anilines is 2. The first-order valence-electron chi connectivity index (χ1n) is 12.3. The van der Waals surface area contributed by atoms with Crippen molar-refractivity contribution in [3.8, 4) is 11.4 Å². The lowest BCUT2D eigenvalue weighted by atomic mass is 10.1. The van der Waals surface area contributed by atoms with E-state index in [1.165, 1.54) is 23.5 Å². The molecule has 0 bridgehead atoms. The van der Waals surface area contributed by atoms with Crippen LogP contribution in [0.2, 0.25) is 0 Å². The molecule has 1 fully saturated rings. The fourth-order valence-corrected chi connectivity index (χ4v) is 5.97. The van der Waals surface area contributed by atoms with Gasteiger partial charge in [-0.3, -0.25) is 4.79 Å². The number of rotatable bonds is 5. The molecule has 5 nitrogen and oxygen atoms in total. The number of carbonyl (C=O) groups is 1. The van der Waals surface area contributed by atoms with Crippen LogP contribution in [0.25, 0.3) is 21.6 Å². The van der Waals surface area contributed by atoms with Gasteiger partial charge < -0.3 is 9.80 Å². The Hall–Kier alpha value is -4.10. The zero-order chi connectivity index (χ0) is 25.4. The van der Waals surface area contributed by atoms with Gasteiger partial charge in [0, 0.05) is 43.0 Å². The van der Waals surface area contributed by atoms with Crippen molar-refractivity contribution in [2.75, 3.05) is 36.0 Å². The summed E-state index contributed by atoms with van der Waals surface area (Å²) >= 11 is 1.44. The fraction of sp³-hybridized carbons (Fsp3) is 0.167. The number of aromatic nitrogens is 2. The third-order valence-electron chi connectivity index (χ3n) is 6.82. The first kappa shape index (κ1) is 23.3. The third-order valence-corrected chi connectivity index (χ3v) is 8.00. The molecule has 0 unspecified atom stereocenters. The molecule has 0 radical (unpaired) electrons. The van der Waals surface area contributed by atoms with E-state index in [0.29, 0.717) is 16.3 Å². The number of hydrogen-bond acceptors (Lipinski definition) is 6. The number of aryl methyl sites for hydroxylation is 1. The highest BCUT2D eigenvalue weighted by Crippen LogP contribution is 2.38. The van der Waals surface area contributed by atoms with Gasteiger partial charge in [-0.15, -0.1) is 11.3 Å². The smallest absolute Gasteiger partial charge is 0.203 e. The molecule has 5 aromatic rings. The number of nitrogens with zero attached hydrogens (tertiary/aromatic N) is 4. The maximum Gasteiger partial charge on any atom is 0.203 e. The number of benzene rings is 3. The molecule has 0 aliphatic carbocycles. The molecule has 0 saturated carbocycles. The quantitative estimate of drug-likeness (QED) is 0.259. The maximum absolute atomic E-state index is 13.4. The highest BCUT2D eigenvalue weighted by molar-refractivity contribution is 7.21. The van der Waals surface area contributed by atoms with E-state index in [0.717, 1.165) is 59.0 Å². The van der Waals surface area contributed by atoms with Crippen LogP contribution >= 0.6 is 11.3 Å². The van der Waals surface area contributed by atoms with E-state index >= 15 is 0 Å². The van der Waals surface area contributed by atoms with Gasteiger partial charge in [0.25, 0.3) is 0 Å². The molecule has 1 aliphatic rings. The van der Waals surface area contributed by atoms with Gasteiger partial charge in [-0.1, -0.05) is 60.7 Å². The molecule has 0 amide bonds. The van der Waals surface area contributed by atoms with Crippen LogP contribution in [0, 0.1) is 12.7 Å². The van der Waals surface area contributed by atoms with Gasteiger partial charge >= 0.3 is 0 Å². The lowest BCUT2D eigenvalue weighted by Gasteiger charge is -2.37.